The van der Waals surface area contributed by atoms with E-state index in [1.165, 1.54) is 0 Å². The maximum Gasteiger partial charge on any atom is 0.408 e. The highest BCUT2D eigenvalue weighted by Gasteiger charge is 2.35. The molecule has 2 aromatic rings. The lowest BCUT2D eigenvalue weighted by atomic mass is 9.97. The Labute approximate surface area is 186 Å². The fourth-order valence-corrected chi connectivity index (χ4v) is 3.81. The number of aliphatic hydroxyl groups excluding tert-OH is 1. The van der Waals surface area contributed by atoms with Crippen molar-refractivity contribution in [3.63, 3.8) is 0 Å². The molecule has 8 heteroatoms. The average Bonchev–Trinajstić information content (AvgIpc) is 3.11. The molecule has 1 aliphatic rings. The number of fused-ring (bicyclic) bond motifs is 3. The highest BCUT2D eigenvalue weighted by molar-refractivity contribution is 5.89. The minimum absolute atomic E-state index is 0.0335. The molecule has 32 heavy (non-hydrogen) atoms. The zero-order valence-corrected chi connectivity index (χ0v) is 18.1. The van der Waals surface area contributed by atoms with Crippen LogP contribution in [0.4, 0.5) is 4.79 Å². The first-order valence-electron chi connectivity index (χ1n) is 10.6. The van der Waals surface area contributed by atoms with Gasteiger partial charge in [0.15, 0.2) is 6.10 Å². The van der Waals surface area contributed by atoms with Crippen molar-refractivity contribution in [3.8, 4) is 11.1 Å². The first kappa shape index (κ1) is 23.3. The van der Waals surface area contributed by atoms with Gasteiger partial charge < -0.3 is 25.6 Å². The average molecular weight is 440 g/mol. The molecular weight excluding hydrogens is 412 g/mol. The molecule has 0 bridgehead atoms. The fourth-order valence-electron chi connectivity index (χ4n) is 3.81. The van der Waals surface area contributed by atoms with Crippen molar-refractivity contribution in [1.82, 2.24) is 10.6 Å². The number of rotatable bonds is 9. The zero-order valence-electron chi connectivity index (χ0n) is 18.1. The van der Waals surface area contributed by atoms with Crippen molar-refractivity contribution >= 4 is 18.0 Å². The van der Waals surface area contributed by atoms with E-state index in [1.807, 2.05) is 48.5 Å². The van der Waals surface area contributed by atoms with Crippen molar-refractivity contribution < 1.29 is 29.3 Å². The van der Waals surface area contributed by atoms with Crippen LogP contribution in [-0.4, -0.2) is 53.0 Å². The molecule has 2 aromatic carbocycles. The third kappa shape index (κ3) is 4.91. The summed E-state index contributed by atoms with van der Waals surface area (Å²) in [4.78, 5) is 35.8. The predicted molar refractivity (Wildman–Crippen MR) is 118 cm³/mol. The fraction of sp³-hybridized carbons (Fsp3) is 0.375. The number of hydrogen-bond acceptors (Lipinski definition) is 5. The summed E-state index contributed by atoms with van der Waals surface area (Å²) in [5, 5.41) is 23.2. The number of carboxylic acids is 1. The maximum atomic E-state index is 12.6. The normalized spacial score (nSPS) is 15.1. The number of benzene rings is 2. The van der Waals surface area contributed by atoms with Crippen molar-refractivity contribution in [3.05, 3.63) is 59.7 Å². The summed E-state index contributed by atoms with van der Waals surface area (Å²) in [6, 6.07) is 16.0. The van der Waals surface area contributed by atoms with Crippen LogP contribution in [0.3, 0.4) is 0 Å². The van der Waals surface area contributed by atoms with Crippen LogP contribution in [0.2, 0.25) is 0 Å². The third-order valence-electron chi connectivity index (χ3n) is 5.92. The Morgan fingerprint density at radius 3 is 2.16 bits per heavy atom. The lowest BCUT2D eigenvalue weighted by Gasteiger charge is -2.28. The first-order chi connectivity index (χ1) is 15.3. The number of aliphatic hydroxyl groups is 1. The van der Waals surface area contributed by atoms with Gasteiger partial charge in [0.2, 0.25) is 5.91 Å². The SMILES string of the molecule is CCC(C)(NC(=O)OCC1c2ccccc2-c2ccccc21)C(=O)NCC[C@H](O)C(=O)O. The Bertz CT molecular complexity index is 962. The number of carbonyl (C=O) groups is 3. The monoisotopic (exact) mass is 440 g/mol. The third-order valence-corrected chi connectivity index (χ3v) is 5.92. The Kier molecular flexibility index (Phi) is 7.15. The summed E-state index contributed by atoms with van der Waals surface area (Å²) in [7, 11) is 0. The van der Waals surface area contributed by atoms with Crippen molar-refractivity contribution in [1.29, 1.82) is 0 Å². The molecule has 0 radical (unpaired) electrons. The van der Waals surface area contributed by atoms with E-state index in [9.17, 15) is 19.5 Å². The Morgan fingerprint density at radius 1 is 1.06 bits per heavy atom. The highest BCUT2D eigenvalue weighted by atomic mass is 16.5. The van der Waals surface area contributed by atoms with E-state index < -0.39 is 29.6 Å². The quantitative estimate of drug-likeness (QED) is 0.475. The van der Waals surface area contributed by atoms with Crippen LogP contribution in [0.1, 0.15) is 43.7 Å². The van der Waals surface area contributed by atoms with Gasteiger partial charge in [-0.25, -0.2) is 9.59 Å². The van der Waals surface area contributed by atoms with Gasteiger partial charge in [-0.15, -0.1) is 0 Å². The number of nitrogens with one attached hydrogen (secondary N) is 2. The molecule has 3 rings (SSSR count). The van der Waals surface area contributed by atoms with Gasteiger partial charge >= 0.3 is 12.1 Å². The molecule has 4 N–H and O–H groups in total. The number of carboxylic acid groups (broad SMARTS) is 1. The minimum Gasteiger partial charge on any atom is -0.479 e. The second kappa shape index (κ2) is 9.82. The minimum atomic E-state index is -1.56. The van der Waals surface area contributed by atoms with Crippen LogP contribution in [0, 0.1) is 0 Å². The van der Waals surface area contributed by atoms with Gasteiger partial charge in [0, 0.05) is 18.9 Å². The molecular formula is C24H28N2O6. The molecule has 8 nitrogen and oxygen atoms in total. The summed E-state index contributed by atoms with van der Waals surface area (Å²) in [5.74, 6) is -1.92. The van der Waals surface area contributed by atoms with E-state index in [2.05, 4.69) is 10.6 Å². The number of carbonyl (C=O) groups excluding carboxylic acids is 2. The van der Waals surface area contributed by atoms with Crippen LogP contribution < -0.4 is 10.6 Å². The van der Waals surface area contributed by atoms with E-state index >= 15 is 0 Å². The molecule has 0 aliphatic heterocycles. The second-order valence-electron chi connectivity index (χ2n) is 8.03. The standard InChI is InChI=1S/C24H28N2O6/c1-3-24(2,22(30)25-13-12-20(27)21(28)29)26-23(31)32-14-19-17-10-6-4-8-15(17)16-9-5-7-11-18(16)19/h4-11,19-20,27H,3,12-14H2,1-2H3,(H,25,30)(H,26,31)(H,28,29)/t20-,24?/m0/s1. The van der Waals surface area contributed by atoms with Gasteiger partial charge in [-0.1, -0.05) is 55.5 Å². The van der Waals surface area contributed by atoms with E-state index in [0.29, 0.717) is 6.42 Å². The number of hydrogen-bond donors (Lipinski definition) is 4. The van der Waals surface area contributed by atoms with E-state index in [0.717, 1.165) is 22.3 Å². The molecule has 0 aromatic heterocycles. The number of ether oxygens (including phenoxy) is 1. The van der Waals surface area contributed by atoms with Gasteiger partial charge in [-0.3, -0.25) is 4.79 Å². The highest BCUT2D eigenvalue weighted by Crippen LogP contribution is 2.44. The molecule has 1 aliphatic carbocycles. The molecule has 170 valence electrons. The largest absolute Gasteiger partial charge is 0.479 e. The molecule has 0 saturated heterocycles. The molecule has 2 amide bonds. The molecule has 0 fully saturated rings. The number of alkyl carbamates (subject to hydrolysis) is 1. The van der Waals surface area contributed by atoms with E-state index in [-0.39, 0.29) is 25.5 Å². The molecule has 0 saturated carbocycles. The van der Waals surface area contributed by atoms with Gasteiger partial charge in [-0.05, 0) is 35.6 Å². The van der Waals surface area contributed by atoms with Crippen LogP contribution in [0.25, 0.3) is 11.1 Å². The van der Waals surface area contributed by atoms with Crippen LogP contribution in [0.15, 0.2) is 48.5 Å². The van der Waals surface area contributed by atoms with E-state index in [4.69, 9.17) is 9.84 Å². The zero-order chi connectivity index (χ0) is 23.3. The second-order valence-corrected chi connectivity index (χ2v) is 8.03. The molecule has 1 unspecified atom stereocenters. The Balaban J connectivity index is 1.60. The number of aliphatic carboxylic acids is 1. The number of amides is 2. The summed E-state index contributed by atoms with van der Waals surface area (Å²) in [5.41, 5.74) is 3.19. The van der Waals surface area contributed by atoms with Crippen molar-refractivity contribution in [2.24, 2.45) is 0 Å². The lowest BCUT2D eigenvalue weighted by molar-refractivity contribution is -0.147. The first-order valence-corrected chi connectivity index (χ1v) is 10.6. The smallest absolute Gasteiger partial charge is 0.408 e. The van der Waals surface area contributed by atoms with Crippen LogP contribution in [0.5, 0.6) is 0 Å². The molecule has 2 atom stereocenters. The summed E-state index contributed by atoms with van der Waals surface area (Å²) < 4.78 is 5.51. The topological polar surface area (TPSA) is 125 Å². The van der Waals surface area contributed by atoms with Gasteiger partial charge in [0.25, 0.3) is 0 Å². The Morgan fingerprint density at radius 2 is 1.62 bits per heavy atom. The summed E-state index contributed by atoms with van der Waals surface area (Å²) >= 11 is 0. The van der Waals surface area contributed by atoms with Crippen LogP contribution >= 0.6 is 0 Å². The Hall–Kier alpha value is -3.39. The molecule has 0 heterocycles. The molecule has 0 spiro atoms. The predicted octanol–water partition coefficient (Wildman–Crippen LogP) is 2.65. The van der Waals surface area contributed by atoms with Crippen molar-refractivity contribution in [2.45, 2.75) is 44.2 Å². The van der Waals surface area contributed by atoms with E-state index in [1.54, 1.807) is 13.8 Å². The van der Waals surface area contributed by atoms with Gasteiger partial charge in [-0.2, -0.15) is 0 Å². The van der Waals surface area contributed by atoms with Crippen LogP contribution in [-0.2, 0) is 14.3 Å². The van der Waals surface area contributed by atoms with Gasteiger partial charge in [0.1, 0.15) is 12.1 Å². The summed E-state index contributed by atoms with van der Waals surface area (Å²) in [6.45, 7) is 3.41. The van der Waals surface area contributed by atoms with Crippen molar-refractivity contribution in [2.75, 3.05) is 13.2 Å². The van der Waals surface area contributed by atoms with Gasteiger partial charge in [0.05, 0.1) is 0 Å². The summed E-state index contributed by atoms with van der Waals surface area (Å²) in [6.07, 6.45) is -2.11. The maximum absolute atomic E-state index is 12.6. The lowest BCUT2D eigenvalue weighted by Crippen LogP contribution is -2.57.